The Labute approximate surface area is 145 Å². The van der Waals surface area contributed by atoms with Crippen molar-refractivity contribution in [1.82, 2.24) is 0 Å². The van der Waals surface area contributed by atoms with Crippen molar-refractivity contribution in [2.75, 3.05) is 25.0 Å². The third-order valence-corrected chi connectivity index (χ3v) is 4.85. The van der Waals surface area contributed by atoms with E-state index in [0.717, 1.165) is 40.9 Å². The van der Waals surface area contributed by atoms with Crippen molar-refractivity contribution < 1.29 is 9.28 Å². The zero-order chi connectivity index (χ0) is 17.6. The van der Waals surface area contributed by atoms with E-state index in [4.69, 9.17) is 0 Å². The van der Waals surface area contributed by atoms with Crippen LogP contribution in [0.25, 0.3) is 0 Å². The zero-order valence-corrected chi connectivity index (χ0v) is 15.3. The van der Waals surface area contributed by atoms with E-state index in [2.05, 4.69) is 55.6 Å². The van der Waals surface area contributed by atoms with Gasteiger partial charge in [0.05, 0.1) is 13.1 Å². The molecule has 0 saturated carbocycles. The Morgan fingerprint density at radius 2 is 1.67 bits per heavy atom. The molecule has 2 aromatic rings. The van der Waals surface area contributed by atoms with Crippen molar-refractivity contribution in [3.8, 4) is 0 Å². The van der Waals surface area contributed by atoms with Crippen LogP contribution >= 0.6 is 0 Å². The topological polar surface area (TPSA) is 29.1 Å². The zero-order valence-electron chi connectivity index (χ0n) is 15.3. The average Bonchev–Trinajstić information content (AvgIpc) is 2.58. The van der Waals surface area contributed by atoms with E-state index in [-0.39, 0.29) is 5.91 Å². The van der Waals surface area contributed by atoms with Crippen LogP contribution in [0.15, 0.2) is 48.5 Å². The second-order valence-corrected chi connectivity index (χ2v) is 6.64. The van der Waals surface area contributed by atoms with Crippen molar-refractivity contribution >= 4 is 11.6 Å². The molecule has 0 aliphatic carbocycles. The molecule has 0 radical (unpaired) electrons. The number of nitrogens with zero attached hydrogens (tertiary/aromatic N) is 1. The highest BCUT2D eigenvalue weighted by Crippen LogP contribution is 2.18. The van der Waals surface area contributed by atoms with Crippen LogP contribution in [-0.2, 0) is 11.3 Å². The molecule has 0 saturated heterocycles. The van der Waals surface area contributed by atoms with E-state index < -0.39 is 0 Å². The van der Waals surface area contributed by atoms with Gasteiger partial charge in [-0.2, -0.15) is 0 Å². The van der Waals surface area contributed by atoms with Crippen molar-refractivity contribution in [2.24, 2.45) is 0 Å². The summed E-state index contributed by atoms with van der Waals surface area (Å²) in [7, 11) is 0. The van der Waals surface area contributed by atoms with E-state index in [1.54, 1.807) is 0 Å². The Balaban J connectivity index is 2.11. The van der Waals surface area contributed by atoms with Gasteiger partial charge in [0.15, 0.2) is 6.54 Å². The molecule has 2 aromatic carbocycles. The average molecular weight is 325 g/mol. The number of carbonyl (C=O) groups is 1. The second-order valence-electron chi connectivity index (χ2n) is 6.64. The molecule has 0 spiro atoms. The second kappa shape index (κ2) is 8.11. The third-order valence-electron chi connectivity index (χ3n) is 4.85. The number of benzene rings is 2. The fourth-order valence-corrected chi connectivity index (χ4v) is 3.06. The van der Waals surface area contributed by atoms with Crippen molar-refractivity contribution in [2.45, 2.75) is 34.2 Å². The third kappa shape index (κ3) is 4.68. The van der Waals surface area contributed by atoms with Gasteiger partial charge in [0, 0.05) is 11.3 Å². The highest BCUT2D eigenvalue weighted by Gasteiger charge is 2.27. The molecule has 0 aliphatic rings. The maximum Gasteiger partial charge on any atom is 0.279 e. The smallest absolute Gasteiger partial charge is 0.279 e. The summed E-state index contributed by atoms with van der Waals surface area (Å²) < 4.78 is 0.765. The number of hydrogen-bond donors (Lipinski definition) is 1. The summed E-state index contributed by atoms with van der Waals surface area (Å²) in [4.78, 5) is 12.7. The van der Waals surface area contributed by atoms with Crippen molar-refractivity contribution in [1.29, 1.82) is 0 Å². The Bertz CT molecular complexity index is 675. The van der Waals surface area contributed by atoms with Gasteiger partial charge < -0.3 is 9.80 Å². The molecular weight excluding hydrogens is 296 g/mol. The maximum absolute atomic E-state index is 12.7. The molecule has 0 heterocycles. The molecule has 0 aromatic heterocycles. The molecule has 3 nitrogen and oxygen atoms in total. The molecule has 2 rings (SSSR count). The predicted octanol–water partition coefficient (Wildman–Crippen LogP) is 4.30. The van der Waals surface area contributed by atoms with Gasteiger partial charge in [0.1, 0.15) is 6.54 Å². The van der Waals surface area contributed by atoms with Gasteiger partial charge in [-0.25, -0.2) is 0 Å². The summed E-state index contributed by atoms with van der Waals surface area (Å²) in [5.41, 5.74) is 4.46. The molecule has 0 fully saturated rings. The van der Waals surface area contributed by atoms with Crippen LogP contribution in [0.1, 0.15) is 30.5 Å². The van der Waals surface area contributed by atoms with Crippen LogP contribution < -0.4 is 5.32 Å². The summed E-state index contributed by atoms with van der Waals surface area (Å²) in [5, 5.41) is 3.11. The fourth-order valence-electron chi connectivity index (χ4n) is 3.06. The van der Waals surface area contributed by atoms with Crippen molar-refractivity contribution in [3.05, 3.63) is 65.2 Å². The molecule has 0 bridgehead atoms. The van der Waals surface area contributed by atoms with Crippen LogP contribution in [0.4, 0.5) is 5.69 Å². The van der Waals surface area contributed by atoms with E-state index in [1.165, 1.54) is 5.56 Å². The lowest BCUT2D eigenvalue weighted by molar-refractivity contribution is -0.930. The van der Waals surface area contributed by atoms with Gasteiger partial charge in [-0.1, -0.05) is 42.5 Å². The Morgan fingerprint density at radius 3 is 2.29 bits per heavy atom. The first-order valence-corrected chi connectivity index (χ1v) is 8.74. The number of rotatable bonds is 7. The monoisotopic (exact) mass is 325 g/mol. The summed E-state index contributed by atoms with van der Waals surface area (Å²) in [6.07, 6.45) is 0. The van der Waals surface area contributed by atoms with Crippen LogP contribution in [0.3, 0.4) is 0 Å². The van der Waals surface area contributed by atoms with Crippen molar-refractivity contribution in [3.63, 3.8) is 0 Å². The number of quaternary nitrogens is 1. The minimum Gasteiger partial charge on any atom is -0.321 e. The molecule has 3 heteroatoms. The quantitative estimate of drug-likeness (QED) is 0.756. The van der Waals surface area contributed by atoms with Gasteiger partial charge in [-0.3, -0.25) is 4.79 Å². The van der Waals surface area contributed by atoms with Gasteiger partial charge in [-0.05, 0) is 44.9 Å². The molecule has 128 valence electrons. The fraction of sp³-hybridized carbons (Fsp3) is 0.381. The number of likely N-dealkylation sites (N-methyl/N-ethyl adjacent to an activating group) is 1. The first-order valence-electron chi connectivity index (χ1n) is 8.74. The summed E-state index contributed by atoms with van der Waals surface area (Å²) in [6, 6.07) is 16.6. The number of hydrogen-bond acceptors (Lipinski definition) is 1. The summed E-state index contributed by atoms with van der Waals surface area (Å²) in [6.45, 7) is 11.7. The molecular formula is C21H29N2O+. The standard InChI is InChI=1S/C21H28N2O/c1-5-23(6-2,15-19-10-8-7-9-11-19)16-21(24)22-20-14-17(3)12-13-18(20)4/h7-14H,5-6,15-16H2,1-4H3/p+1. The van der Waals surface area contributed by atoms with E-state index >= 15 is 0 Å². The van der Waals surface area contributed by atoms with Gasteiger partial charge in [0.25, 0.3) is 5.91 Å². The predicted molar refractivity (Wildman–Crippen MR) is 101 cm³/mol. The Hall–Kier alpha value is -2.13. The molecule has 0 atom stereocenters. The highest BCUT2D eigenvalue weighted by atomic mass is 16.2. The first-order chi connectivity index (χ1) is 11.5. The minimum atomic E-state index is 0.0864. The number of aryl methyl sites for hydroxylation is 2. The Morgan fingerprint density at radius 1 is 1.00 bits per heavy atom. The van der Waals surface area contributed by atoms with E-state index in [1.807, 2.05) is 26.0 Å². The molecule has 1 amide bonds. The largest absolute Gasteiger partial charge is 0.321 e. The van der Waals surface area contributed by atoms with Gasteiger partial charge in [0.2, 0.25) is 0 Å². The minimum absolute atomic E-state index is 0.0864. The van der Waals surface area contributed by atoms with Gasteiger partial charge in [-0.15, -0.1) is 0 Å². The lowest BCUT2D eigenvalue weighted by Gasteiger charge is -2.36. The number of carbonyl (C=O) groups excluding carboxylic acids is 1. The maximum atomic E-state index is 12.7. The van der Waals surface area contributed by atoms with Crippen LogP contribution in [0.5, 0.6) is 0 Å². The number of anilines is 1. The molecule has 24 heavy (non-hydrogen) atoms. The van der Waals surface area contributed by atoms with Crippen LogP contribution in [0, 0.1) is 13.8 Å². The van der Waals surface area contributed by atoms with Crippen LogP contribution in [0.2, 0.25) is 0 Å². The Kier molecular flexibility index (Phi) is 6.16. The normalized spacial score (nSPS) is 11.3. The van der Waals surface area contributed by atoms with Gasteiger partial charge >= 0.3 is 0 Å². The number of nitrogens with one attached hydrogen (secondary N) is 1. The van der Waals surface area contributed by atoms with E-state index in [0.29, 0.717) is 6.54 Å². The molecule has 0 aliphatic heterocycles. The first kappa shape index (κ1) is 18.2. The van der Waals surface area contributed by atoms with E-state index in [9.17, 15) is 4.79 Å². The lowest BCUT2D eigenvalue weighted by atomic mass is 10.1. The summed E-state index contributed by atoms with van der Waals surface area (Å²) >= 11 is 0. The van der Waals surface area contributed by atoms with Crippen LogP contribution in [-0.4, -0.2) is 30.0 Å². The number of amides is 1. The summed E-state index contributed by atoms with van der Waals surface area (Å²) in [5.74, 6) is 0.0864. The lowest BCUT2D eigenvalue weighted by Crippen LogP contribution is -2.51. The molecule has 0 unspecified atom stereocenters. The SMILES string of the molecule is CC[N+](CC)(CC(=O)Nc1cc(C)ccc1C)Cc1ccccc1. The molecule has 1 N–H and O–H groups in total. The highest BCUT2D eigenvalue weighted by molar-refractivity contribution is 5.92.